The van der Waals surface area contributed by atoms with E-state index in [4.69, 9.17) is 17.0 Å². The Morgan fingerprint density at radius 3 is 1.93 bits per heavy atom. The van der Waals surface area contributed by atoms with Crippen LogP contribution in [0.4, 0.5) is 0 Å². The van der Waals surface area contributed by atoms with Crippen LogP contribution in [-0.2, 0) is 20.8 Å². The van der Waals surface area contributed by atoms with Gasteiger partial charge in [-0.3, -0.25) is 0 Å². The fraction of sp³-hybridized carbons (Fsp3) is 0.423. The van der Waals surface area contributed by atoms with Crippen molar-refractivity contribution in [2.75, 3.05) is 0 Å². The zero-order chi connectivity index (χ0) is 21.7. The summed E-state index contributed by atoms with van der Waals surface area (Å²) in [6.07, 6.45) is 1.19. The molecule has 3 heteroatoms. The molecule has 0 heterocycles. The van der Waals surface area contributed by atoms with Gasteiger partial charge < -0.3 is 0 Å². The van der Waals surface area contributed by atoms with Gasteiger partial charge in [-0.1, -0.05) is 77.3 Å². The predicted molar refractivity (Wildman–Crippen MR) is 128 cm³/mol. The summed E-state index contributed by atoms with van der Waals surface area (Å²) in [4.78, 5) is 0. The third kappa shape index (κ3) is 6.03. The van der Waals surface area contributed by atoms with Gasteiger partial charge in [0.15, 0.2) is 0 Å². The van der Waals surface area contributed by atoms with E-state index in [1.807, 2.05) is 0 Å². The topological polar surface area (TPSA) is 0 Å². The van der Waals surface area contributed by atoms with Gasteiger partial charge in [-0.05, 0) is 41.4 Å². The summed E-state index contributed by atoms with van der Waals surface area (Å²) in [7, 11) is 9.87. The quantitative estimate of drug-likeness (QED) is 0.302. The summed E-state index contributed by atoms with van der Waals surface area (Å²) in [5, 5.41) is 2.79. The van der Waals surface area contributed by atoms with E-state index in [9.17, 15) is 0 Å². The molecular weight excluding hydrogens is 474 g/mol. The van der Waals surface area contributed by atoms with Crippen LogP contribution in [0.3, 0.4) is 0 Å². The first-order valence-corrected chi connectivity index (χ1v) is 16.9. The first-order chi connectivity index (χ1) is 13.7. The van der Waals surface area contributed by atoms with Gasteiger partial charge in [-0.15, -0.1) is 34.5 Å². The zero-order valence-electron chi connectivity index (χ0n) is 18.7. The Bertz CT molecular complexity index is 911. The first kappa shape index (κ1) is 24.8. The monoisotopic (exact) mass is 505 g/mol. The fourth-order valence-electron chi connectivity index (χ4n) is 3.80. The van der Waals surface area contributed by atoms with E-state index in [1.165, 1.54) is 50.6 Å². The van der Waals surface area contributed by atoms with Crippen LogP contribution in [0.25, 0.3) is 21.9 Å². The molecule has 0 aromatic heterocycles. The fourth-order valence-corrected chi connectivity index (χ4v) is 3.80. The molecule has 0 amide bonds. The summed E-state index contributed by atoms with van der Waals surface area (Å²) in [5.41, 5.74) is 8.52. The van der Waals surface area contributed by atoms with E-state index in [0.29, 0.717) is 17.8 Å². The number of benzene rings is 2. The molecule has 0 radical (unpaired) electrons. The SMILES string of the molecule is CCC(C)c1cc2c(-c3cc(C(C)C)cc(C(C)C)c3)c(C)ccc2[cH-]1.[Cl][Zr][Cl]. The summed E-state index contributed by atoms with van der Waals surface area (Å²) in [5.74, 6) is 1.70. The number of hydrogen-bond acceptors (Lipinski definition) is 0. The number of halogens is 2. The normalized spacial score (nSPS) is 12.2. The minimum absolute atomic E-state index is 0.544. The van der Waals surface area contributed by atoms with Crippen LogP contribution in [0, 0.1) is 6.92 Å². The number of rotatable bonds is 5. The maximum absolute atomic E-state index is 4.93. The molecule has 0 bridgehead atoms. The molecule has 3 rings (SSSR count). The van der Waals surface area contributed by atoms with Gasteiger partial charge in [0.25, 0.3) is 0 Å². The molecule has 0 aliphatic heterocycles. The van der Waals surface area contributed by atoms with Crippen molar-refractivity contribution < 1.29 is 20.8 Å². The summed E-state index contributed by atoms with van der Waals surface area (Å²) in [6, 6.07) is 16.6. The number of aryl methyl sites for hydroxylation is 1. The van der Waals surface area contributed by atoms with Gasteiger partial charge in [-0.25, -0.2) is 0 Å². The Hall–Kier alpha value is -0.487. The van der Waals surface area contributed by atoms with Crippen molar-refractivity contribution in [1.29, 1.82) is 0 Å². The Balaban J connectivity index is 0.000000941. The Labute approximate surface area is 196 Å². The Morgan fingerprint density at radius 2 is 1.45 bits per heavy atom. The second-order valence-electron chi connectivity index (χ2n) is 8.63. The van der Waals surface area contributed by atoms with Gasteiger partial charge in [0.1, 0.15) is 0 Å². The number of hydrogen-bond donors (Lipinski definition) is 0. The van der Waals surface area contributed by atoms with Gasteiger partial charge in [0.2, 0.25) is 0 Å². The Kier molecular flexibility index (Phi) is 9.59. The zero-order valence-corrected chi connectivity index (χ0v) is 22.7. The van der Waals surface area contributed by atoms with E-state index >= 15 is 0 Å². The van der Waals surface area contributed by atoms with Crippen molar-refractivity contribution in [2.45, 2.75) is 72.6 Å². The van der Waals surface area contributed by atoms with Crippen molar-refractivity contribution >= 4 is 27.8 Å². The van der Waals surface area contributed by atoms with Crippen LogP contribution in [-0.4, -0.2) is 0 Å². The molecule has 0 aliphatic rings. The van der Waals surface area contributed by atoms with Gasteiger partial charge in [-0.2, -0.15) is 6.07 Å². The molecule has 0 saturated heterocycles. The van der Waals surface area contributed by atoms with Crippen molar-refractivity contribution in [3.8, 4) is 11.1 Å². The summed E-state index contributed by atoms with van der Waals surface area (Å²) in [6.45, 7) is 16.0. The van der Waals surface area contributed by atoms with Crippen LogP contribution in [0.2, 0.25) is 0 Å². The van der Waals surface area contributed by atoms with Crippen LogP contribution < -0.4 is 0 Å². The van der Waals surface area contributed by atoms with Gasteiger partial charge >= 0.3 is 37.9 Å². The van der Waals surface area contributed by atoms with E-state index in [-0.39, 0.29) is 0 Å². The van der Waals surface area contributed by atoms with Crippen molar-refractivity contribution in [3.05, 3.63) is 64.7 Å². The van der Waals surface area contributed by atoms with Crippen LogP contribution in [0.15, 0.2) is 42.5 Å². The third-order valence-electron chi connectivity index (χ3n) is 5.90. The van der Waals surface area contributed by atoms with Gasteiger partial charge in [0.05, 0.1) is 0 Å². The molecule has 1 unspecified atom stereocenters. The van der Waals surface area contributed by atoms with E-state index < -0.39 is 20.8 Å². The minimum atomic E-state index is -0.826. The number of fused-ring (bicyclic) bond motifs is 1. The standard InChI is InChI=1S/C26H33.2ClH.Zr/c1-8-18(6)23-11-20-10-9-19(7)26(25(20)15-23)24-13-21(16(2)3)12-22(14-24)17(4)5;;;/h9-18H,8H2,1-7H3;2*1H;/q-1;;;+2/p-2. The average Bonchev–Trinajstić information content (AvgIpc) is 3.11. The summed E-state index contributed by atoms with van der Waals surface area (Å²) >= 11 is -0.826. The second-order valence-corrected chi connectivity index (χ2v) is 12.4. The average molecular weight is 508 g/mol. The third-order valence-corrected chi connectivity index (χ3v) is 5.90. The molecule has 3 aromatic carbocycles. The molecule has 29 heavy (non-hydrogen) atoms. The molecule has 0 nitrogen and oxygen atoms in total. The van der Waals surface area contributed by atoms with Crippen molar-refractivity contribution in [3.63, 3.8) is 0 Å². The second kappa shape index (κ2) is 11.2. The molecule has 0 N–H and O–H groups in total. The predicted octanol–water partition coefficient (Wildman–Crippen LogP) is 9.67. The maximum atomic E-state index is 4.93. The first-order valence-electron chi connectivity index (χ1n) is 10.5. The van der Waals surface area contributed by atoms with Gasteiger partial charge in [0, 0.05) is 0 Å². The molecular formula is C26H33Cl2Zr-. The van der Waals surface area contributed by atoms with Crippen LogP contribution in [0.1, 0.15) is 88.0 Å². The molecule has 0 saturated carbocycles. The van der Waals surface area contributed by atoms with Crippen LogP contribution >= 0.6 is 17.0 Å². The molecule has 0 aliphatic carbocycles. The summed E-state index contributed by atoms with van der Waals surface area (Å²) < 4.78 is 0. The molecule has 156 valence electrons. The molecule has 0 fully saturated rings. The molecule has 0 spiro atoms. The van der Waals surface area contributed by atoms with E-state index in [0.717, 1.165) is 0 Å². The Morgan fingerprint density at radius 1 is 0.897 bits per heavy atom. The van der Waals surface area contributed by atoms with Crippen molar-refractivity contribution in [2.24, 2.45) is 0 Å². The van der Waals surface area contributed by atoms with E-state index in [2.05, 4.69) is 90.9 Å². The molecule has 1 atom stereocenters. The van der Waals surface area contributed by atoms with Crippen molar-refractivity contribution in [1.82, 2.24) is 0 Å². The molecule has 3 aromatic rings. The van der Waals surface area contributed by atoms with Crippen LogP contribution in [0.5, 0.6) is 0 Å². The van der Waals surface area contributed by atoms with E-state index in [1.54, 1.807) is 0 Å².